The van der Waals surface area contributed by atoms with Gasteiger partial charge in [0, 0.05) is 26.8 Å². The lowest BCUT2D eigenvalue weighted by molar-refractivity contribution is 0.189. The highest BCUT2D eigenvalue weighted by Gasteiger charge is 2.10. The Kier molecular flexibility index (Phi) is 3.81. The number of fused-ring (bicyclic) bond motifs is 1. The molecule has 0 aliphatic heterocycles. The predicted octanol–water partition coefficient (Wildman–Crippen LogP) is 0.690. The summed E-state index contributed by atoms with van der Waals surface area (Å²) in [4.78, 5) is 8.35. The molecule has 1 N–H and O–H groups in total. The molecule has 0 spiro atoms. The van der Waals surface area contributed by atoms with E-state index in [4.69, 9.17) is 4.74 Å². The van der Waals surface area contributed by atoms with Crippen LogP contribution in [0, 0.1) is 0 Å². The number of nitrogens with one attached hydrogen (secondary N) is 1. The number of hydrogen-bond donors (Lipinski definition) is 1. The van der Waals surface area contributed by atoms with E-state index < -0.39 is 0 Å². The van der Waals surface area contributed by atoms with Gasteiger partial charge < -0.3 is 10.1 Å². The molecule has 0 fully saturated rings. The van der Waals surface area contributed by atoms with Crippen LogP contribution in [0.25, 0.3) is 11.2 Å². The summed E-state index contributed by atoms with van der Waals surface area (Å²) in [5.74, 6) is 0.732. The number of hydrogen-bond acceptors (Lipinski definition) is 6. The fourth-order valence-electron chi connectivity index (χ4n) is 1.60. The maximum Gasteiger partial charge on any atom is 0.183 e. The Hall–Kier alpha value is -1.76. The van der Waals surface area contributed by atoms with Crippen LogP contribution in [0.1, 0.15) is 13.3 Å². The molecule has 2 aromatic heterocycles. The maximum absolute atomic E-state index is 5.01. The third kappa shape index (κ3) is 2.50. The number of aryl methyl sites for hydroxylation is 1. The maximum atomic E-state index is 5.01. The van der Waals surface area contributed by atoms with Crippen molar-refractivity contribution in [1.82, 2.24) is 25.0 Å². The first-order chi connectivity index (χ1) is 8.36. The average molecular weight is 236 g/mol. The van der Waals surface area contributed by atoms with Crippen molar-refractivity contribution in [2.75, 3.05) is 25.6 Å². The number of ether oxygens (including phenoxy) is 1. The van der Waals surface area contributed by atoms with Crippen molar-refractivity contribution in [3.63, 3.8) is 0 Å². The zero-order valence-electron chi connectivity index (χ0n) is 10.1. The summed E-state index contributed by atoms with van der Waals surface area (Å²) in [6.07, 6.45) is 2.41. The van der Waals surface area contributed by atoms with E-state index in [0.29, 0.717) is 12.1 Å². The molecule has 2 aromatic rings. The molecule has 0 saturated heterocycles. The zero-order chi connectivity index (χ0) is 12.1. The summed E-state index contributed by atoms with van der Waals surface area (Å²) < 4.78 is 6.78. The molecule has 0 bridgehead atoms. The van der Waals surface area contributed by atoms with E-state index in [1.165, 1.54) is 6.33 Å². The van der Waals surface area contributed by atoms with Crippen LogP contribution in [-0.4, -0.2) is 45.2 Å². The van der Waals surface area contributed by atoms with Gasteiger partial charge in [-0.2, -0.15) is 0 Å². The van der Waals surface area contributed by atoms with E-state index in [1.807, 2.05) is 6.92 Å². The fraction of sp³-hybridized carbons (Fsp3) is 0.600. The summed E-state index contributed by atoms with van der Waals surface area (Å²) in [6.45, 7) is 4.25. The molecule has 0 atom stereocenters. The SMILES string of the molecule is CCNc1ncnc2c1nnn2CCCOC. The van der Waals surface area contributed by atoms with Crippen LogP contribution in [0.3, 0.4) is 0 Å². The minimum Gasteiger partial charge on any atom is -0.385 e. The number of nitrogens with zero attached hydrogens (tertiary/aromatic N) is 5. The van der Waals surface area contributed by atoms with Gasteiger partial charge in [0.1, 0.15) is 6.33 Å². The van der Waals surface area contributed by atoms with Crippen LogP contribution in [-0.2, 0) is 11.3 Å². The van der Waals surface area contributed by atoms with E-state index >= 15 is 0 Å². The standard InChI is InChI=1S/C10H16N6O/c1-3-11-9-8-10(13-7-12-9)16(15-14-8)5-4-6-17-2/h7H,3-6H2,1-2H3,(H,11,12,13). The zero-order valence-corrected chi connectivity index (χ0v) is 10.1. The average Bonchev–Trinajstić information content (AvgIpc) is 2.75. The lowest BCUT2D eigenvalue weighted by Gasteiger charge is -2.02. The van der Waals surface area contributed by atoms with Crippen LogP contribution in [0.5, 0.6) is 0 Å². The van der Waals surface area contributed by atoms with Gasteiger partial charge in [-0.05, 0) is 13.3 Å². The molecule has 0 aliphatic carbocycles. The van der Waals surface area contributed by atoms with Crippen molar-refractivity contribution < 1.29 is 4.74 Å². The van der Waals surface area contributed by atoms with Gasteiger partial charge in [-0.3, -0.25) is 0 Å². The Balaban J connectivity index is 2.24. The Morgan fingerprint density at radius 2 is 2.29 bits per heavy atom. The molecule has 0 amide bonds. The van der Waals surface area contributed by atoms with E-state index in [0.717, 1.165) is 31.0 Å². The number of methoxy groups -OCH3 is 1. The third-order valence-corrected chi connectivity index (χ3v) is 2.36. The lowest BCUT2D eigenvalue weighted by Crippen LogP contribution is -2.05. The van der Waals surface area contributed by atoms with Gasteiger partial charge in [0.2, 0.25) is 0 Å². The quantitative estimate of drug-likeness (QED) is 0.743. The predicted molar refractivity (Wildman–Crippen MR) is 63.8 cm³/mol. The van der Waals surface area contributed by atoms with Crippen molar-refractivity contribution in [1.29, 1.82) is 0 Å². The molecule has 7 nitrogen and oxygen atoms in total. The minimum absolute atomic E-state index is 0.701. The van der Waals surface area contributed by atoms with Gasteiger partial charge in [0.05, 0.1) is 0 Å². The largest absolute Gasteiger partial charge is 0.385 e. The first-order valence-corrected chi connectivity index (χ1v) is 5.63. The van der Waals surface area contributed by atoms with Crippen molar-refractivity contribution in [2.45, 2.75) is 19.9 Å². The minimum atomic E-state index is 0.701. The molecule has 7 heteroatoms. The van der Waals surface area contributed by atoms with Gasteiger partial charge in [0.25, 0.3) is 0 Å². The van der Waals surface area contributed by atoms with Gasteiger partial charge >= 0.3 is 0 Å². The molecule has 0 aliphatic rings. The summed E-state index contributed by atoms with van der Waals surface area (Å²) in [7, 11) is 1.69. The van der Waals surface area contributed by atoms with Gasteiger partial charge in [-0.25, -0.2) is 14.6 Å². The monoisotopic (exact) mass is 236 g/mol. The Morgan fingerprint density at radius 3 is 3.06 bits per heavy atom. The van der Waals surface area contributed by atoms with E-state index in [1.54, 1.807) is 11.8 Å². The van der Waals surface area contributed by atoms with Crippen LogP contribution < -0.4 is 5.32 Å². The molecular formula is C10H16N6O. The second kappa shape index (κ2) is 5.53. The topological polar surface area (TPSA) is 77.8 Å². The van der Waals surface area contributed by atoms with Crippen molar-refractivity contribution in [3.05, 3.63) is 6.33 Å². The molecule has 0 aromatic carbocycles. The second-order valence-corrected chi connectivity index (χ2v) is 3.58. The molecule has 0 unspecified atom stereocenters. The van der Waals surface area contributed by atoms with E-state index in [-0.39, 0.29) is 0 Å². The number of rotatable bonds is 6. The highest BCUT2D eigenvalue weighted by Crippen LogP contribution is 2.15. The highest BCUT2D eigenvalue weighted by atomic mass is 16.5. The summed E-state index contributed by atoms with van der Waals surface area (Å²) >= 11 is 0. The molecule has 2 rings (SSSR count). The summed E-state index contributed by atoms with van der Waals surface area (Å²) in [6, 6.07) is 0. The highest BCUT2D eigenvalue weighted by molar-refractivity contribution is 5.81. The first-order valence-electron chi connectivity index (χ1n) is 5.63. The number of anilines is 1. The van der Waals surface area contributed by atoms with E-state index in [2.05, 4.69) is 25.6 Å². The number of aromatic nitrogens is 5. The molecule has 92 valence electrons. The molecule has 0 saturated carbocycles. The Bertz CT molecular complexity index is 483. The van der Waals surface area contributed by atoms with Crippen LogP contribution in [0.2, 0.25) is 0 Å². The van der Waals surface area contributed by atoms with Gasteiger partial charge in [-0.15, -0.1) is 5.10 Å². The lowest BCUT2D eigenvalue weighted by atomic mass is 10.4. The van der Waals surface area contributed by atoms with Crippen molar-refractivity contribution >= 4 is 17.0 Å². The van der Waals surface area contributed by atoms with Crippen LogP contribution in [0.15, 0.2) is 6.33 Å². The molecular weight excluding hydrogens is 220 g/mol. The van der Waals surface area contributed by atoms with Crippen molar-refractivity contribution in [3.8, 4) is 0 Å². The summed E-state index contributed by atoms with van der Waals surface area (Å²) in [5.41, 5.74) is 1.47. The van der Waals surface area contributed by atoms with Gasteiger partial charge in [0.15, 0.2) is 17.0 Å². The van der Waals surface area contributed by atoms with Crippen LogP contribution >= 0.6 is 0 Å². The normalized spacial score (nSPS) is 10.9. The summed E-state index contributed by atoms with van der Waals surface area (Å²) in [5, 5.41) is 11.3. The Morgan fingerprint density at radius 1 is 1.41 bits per heavy atom. The smallest absolute Gasteiger partial charge is 0.183 e. The van der Waals surface area contributed by atoms with E-state index in [9.17, 15) is 0 Å². The molecule has 2 heterocycles. The van der Waals surface area contributed by atoms with Crippen LogP contribution in [0.4, 0.5) is 5.82 Å². The van der Waals surface area contributed by atoms with Gasteiger partial charge in [-0.1, -0.05) is 5.21 Å². The second-order valence-electron chi connectivity index (χ2n) is 3.58. The first kappa shape index (κ1) is 11.7. The molecule has 17 heavy (non-hydrogen) atoms. The molecule has 0 radical (unpaired) electrons. The third-order valence-electron chi connectivity index (χ3n) is 2.36. The fourth-order valence-corrected chi connectivity index (χ4v) is 1.60. The van der Waals surface area contributed by atoms with Crippen molar-refractivity contribution in [2.24, 2.45) is 0 Å². The Labute approximate surface area is 99.2 Å².